The van der Waals surface area contributed by atoms with Gasteiger partial charge in [-0.05, 0) is 45.0 Å². The molecular formula is C18H25N5O2. The summed E-state index contributed by atoms with van der Waals surface area (Å²) in [5.41, 5.74) is 0.453. The Morgan fingerprint density at radius 2 is 2.08 bits per heavy atom. The van der Waals surface area contributed by atoms with Crippen LogP contribution in [0.4, 0.5) is 4.79 Å². The van der Waals surface area contributed by atoms with Crippen molar-refractivity contribution in [2.75, 3.05) is 26.7 Å². The van der Waals surface area contributed by atoms with Gasteiger partial charge in [-0.2, -0.15) is 0 Å². The lowest BCUT2D eigenvalue weighted by atomic mass is 10.2. The lowest BCUT2D eigenvalue weighted by molar-refractivity contribution is 0.197. The lowest BCUT2D eigenvalue weighted by Gasteiger charge is -2.25. The number of hydrogen-bond acceptors (Lipinski definition) is 4. The largest absolute Gasteiger partial charge is 0.336 e. The molecule has 7 nitrogen and oxygen atoms in total. The monoisotopic (exact) mass is 343 g/mol. The zero-order chi connectivity index (χ0) is 17.8. The van der Waals surface area contributed by atoms with Gasteiger partial charge < -0.3 is 15.2 Å². The molecule has 1 fully saturated rings. The minimum Gasteiger partial charge on any atom is -0.336 e. The van der Waals surface area contributed by atoms with Gasteiger partial charge in [0.05, 0.1) is 17.4 Å². The Labute approximate surface area is 147 Å². The number of hydrogen-bond donors (Lipinski definition) is 2. The molecule has 1 aromatic carbocycles. The molecule has 1 aliphatic heterocycles. The number of H-pyrrole nitrogens is 1. The van der Waals surface area contributed by atoms with Crippen molar-refractivity contribution in [2.45, 2.75) is 32.4 Å². The van der Waals surface area contributed by atoms with Crippen LogP contribution in [0.1, 0.15) is 25.6 Å². The number of nitrogens with zero attached hydrogens (tertiary/aromatic N) is 3. The summed E-state index contributed by atoms with van der Waals surface area (Å²) in [5.74, 6) is 0.481. The van der Waals surface area contributed by atoms with E-state index in [1.165, 1.54) is 17.7 Å². The average molecular weight is 343 g/mol. The van der Waals surface area contributed by atoms with Crippen molar-refractivity contribution < 1.29 is 4.79 Å². The van der Waals surface area contributed by atoms with Gasteiger partial charge in [-0.1, -0.05) is 12.1 Å². The number of benzene rings is 1. The van der Waals surface area contributed by atoms with E-state index in [0.717, 1.165) is 13.1 Å². The van der Waals surface area contributed by atoms with Crippen molar-refractivity contribution in [3.63, 3.8) is 0 Å². The zero-order valence-corrected chi connectivity index (χ0v) is 14.8. The number of likely N-dealkylation sites (tertiary alicyclic amines) is 1. The van der Waals surface area contributed by atoms with E-state index < -0.39 is 0 Å². The van der Waals surface area contributed by atoms with E-state index in [1.54, 1.807) is 25.2 Å². The predicted molar refractivity (Wildman–Crippen MR) is 97.5 cm³/mol. The summed E-state index contributed by atoms with van der Waals surface area (Å²) in [6.45, 7) is 5.22. The Kier molecular flexibility index (Phi) is 5.33. The maximum Gasteiger partial charge on any atom is 0.317 e. The number of rotatable bonds is 5. The molecule has 0 bridgehead atoms. The fraction of sp³-hybridized carbons (Fsp3) is 0.500. The third-order valence-corrected chi connectivity index (χ3v) is 4.71. The van der Waals surface area contributed by atoms with Crippen molar-refractivity contribution in [2.24, 2.45) is 0 Å². The van der Waals surface area contributed by atoms with Crippen LogP contribution in [-0.4, -0.2) is 58.5 Å². The van der Waals surface area contributed by atoms with E-state index in [2.05, 4.69) is 27.1 Å². The molecule has 1 aromatic heterocycles. The van der Waals surface area contributed by atoms with E-state index in [9.17, 15) is 9.59 Å². The molecule has 134 valence electrons. The molecule has 1 aliphatic rings. The average Bonchev–Trinajstić information content (AvgIpc) is 3.14. The number of amides is 2. The normalized spacial score (nSPS) is 16.1. The molecular weight excluding hydrogens is 318 g/mol. The van der Waals surface area contributed by atoms with Crippen molar-refractivity contribution >= 4 is 16.9 Å². The van der Waals surface area contributed by atoms with Gasteiger partial charge in [-0.15, -0.1) is 0 Å². The van der Waals surface area contributed by atoms with Gasteiger partial charge in [0.1, 0.15) is 5.82 Å². The highest BCUT2D eigenvalue weighted by molar-refractivity contribution is 5.77. The van der Waals surface area contributed by atoms with Gasteiger partial charge in [0.15, 0.2) is 0 Å². The van der Waals surface area contributed by atoms with Crippen LogP contribution in [0.15, 0.2) is 29.1 Å². The van der Waals surface area contributed by atoms with Gasteiger partial charge >= 0.3 is 6.03 Å². The molecule has 1 saturated heterocycles. The van der Waals surface area contributed by atoms with E-state index in [-0.39, 0.29) is 18.1 Å². The first-order chi connectivity index (χ1) is 12.0. The molecule has 3 rings (SSSR count). The zero-order valence-electron chi connectivity index (χ0n) is 14.8. The third kappa shape index (κ3) is 4.17. The van der Waals surface area contributed by atoms with Gasteiger partial charge in [-0.25, -0.2) is 9.78 Å². The molecule has 2 heterocycles. The Hall–Kier alpha value is -2.41. The van der Waals surface area contributed by atoms with Gasteiger partial charge in [0.2, 0.25) is 0 Å². The molecule has 2 N–H and O–H groups in total. The number of para-hydroxylation sites is 1. The number of aromatic amines is 1. The molecule has 0 saturated carbocycles. The summed E-state index contributed by atoms with van der Waals surface area (Å²) < 4.78 is 0. The second-order valence-electron chi connectivity index (χ2n) is 6.66. The molecule has 0 spiro atoms. The maximum absolute atomic E-state index is 12.3. The number of carbonyl (C=O) groups is 1. The number of carbonyl (C=O) groups excluding carboxylic acids is 1. The number of nitrogens with one attached hydrogen (secondary N) is 2. The van der Waals surface area contributed by atoms with Crippen molar-refractivity contribution in [3.05, 3.63) is 40.4 Å². The molecule has 2 aromatic rings. The summed E-state index contributed by atoms with van der Waals surface area (Å²) in [7, 11) is 1.70. The minimum absolute atomic E-state index is 0.165. The van der Waals surface area contributed by atoms with Gasteiger partial charge in [0.25, 0.3) is 5.56 Å². The van der Waals surface area contributed by atoms with Crippen LogP contribution >= 0.6 is 0 Å². The fourth-order valence-corrected chi connectivity index (χ4v) is 3.19. The standard InChI is InChI=1S/C18H25N5O2/c1-13(23-9-5-6-10-23)11-19-18(25)22(2)12-16-20-15-8-4-3-7-14(15)17(24)21-16/h3-4,7-8,13H,5-6,9-12H2,1-2H3,(H,19,25)(H,20,21,24)/t13-/m1/s1. The van der Waals surface area contributed by atoms with E-state index in [0.29, 0.717) is 29.3 Å². The predicted octanol–water partition coefficient (Wildman–Crippen LogP) is 1.55. The Balaban J connectivity index is 1.58. The van der Waals surface area contributed by atoms with Crippen LogP contribution in [0, 0.1) is 0 Å². The molecule has 7 heteroatoms. The van der Waals surface area contributed by atoms with Crippen molar-refractivity contribution in [1.29, 1.82) is 0 Å². The summed E-state index contributed by atoms with van der Waals surface area (Å²) in [6.07, 6.45) is 2.47. The highest BCUT2D eigenvalue weighted by Gasteiger charge is 2.19. The van der Waals surface area contributed by atoms with Crippen LogP contribution in [0.5, 0.6) is 0 Å². The smallest absolute Gasteiger partial charge is 0.317 e. The molecule has 25 heavy (non-hydrogen) atoms. The summed E-state index contributed by atoms with van der Waals surface area (Å²) >= 11 is 0. The van der Waals surface area contributed by atoms with Crippen LogP contribution in [0.25, 0.3) is 10.9 Å². The van der Waals surface area contributed by atoms with Crippen LogP contribution in [0.3, 0.4) is 0 Å². The Morgan fingerprint density at radius 3 is 2.84 bits per heavy atom. The van der Waals surface area contributed by atoms with Crippen LogP contribution in [0.2, 0.25) is 0 Å². The Morgan fingerprint density at radius 1 is 1.36 bits per heavy atom. The molecule has 2 amide bonds. The highest BCUT2D eigenvalue weighted by atomic mass is 16.2. The maximum atomic E-state index is 12.3. The number of aromatic nitrogens is 2. The molecule has 0 unspecified atom stereocenters. The second-order valence-corrected chi connectivity index (χ2v) is 6.66. The highest BCUT2D eigenvalue weighted by Crippen LogP contribution is 2.11. The van der Waals surface area contributed by atoms with Crippen molar-refractivity contribution in [1.82, 2.24) is 25.1 Å². The summed E-state index contributed by atoms with van der Waals surface area (Å²) in [5, 5.41) is 3.51. The summed E-state index contributed by atoms with van der Waals surface area (Å²) in [6, 6.07) is 7.35. The lowest BCUT2D eigenvalue weighted by Crippen LogP contribution is -2.44. The van der Waals surface area contributed by atoms with Crippen LogP contribution < -0.4 is 10.9 Å². The van der Waals surface area contributed by atoms with E-state index in [1.807, 2.05) is 6.07 Å². The quantitative estimate of drug-likeness (QED) is 0.863. The Bertz CT molecular complexity index is 797. The van der Waals surface area contributed by atoms with Crippen molar-refractivity contribution in [3.8, 4) is 0 Å². The number of urea groups is 1. The first-order valence-electron chi connectivity index (χ1n) is 8.75. The van der Waals surface area contributed by atoms with Gasteiger partial charge in [0, 0.05) is 19.6 Å². The second kappa shape index (κ2) is 7.65. The minimum atomic E-state index is -0.183. The third-order valence-electron chi connectivity index (χ3n) is 4.71. The van der Waals surface area contributed by atoms with E-state index in [4.69, 9.17) is 0 Å². The topological polar surface area (TPSA) is 81.3 Å². The van der Waals surface area contributed by atoms with E-state index >= 15 is 0 Å². The van der Waals surface area contributed by atoms with Gasteiger partial charge in [-0.3, -0.25) is 9.69 Å². The number of fused-ring (bicyclic) bond motifs is 1. The molecule has 0 aliphatic carbocycles. The van der Waals surface area contributed by atoms with Crippen LogP contribution in [-0.2, 0) is 6.54 Å². The first kappa shape index (κ1) is 17.4. The summed E-state index contributed by atoms with van der Waals surface area (Å²) in [4.78, 5) is 35.5. The first-order valence-corrected chi connectivity index (χ1v) is 8.75. The molecule has 0 radical (unpaired) electrons. The SMILES string of the molecule is C[C@H](CNC(=O)N(C)Cc1nc2ccccc2c(=O)[nH]1)N1CCCC1. The fourth-order valence-electron chi connectivity index (χ4n) is 3.19. The molecule has 1 atom stereocenters.